The molecule has 11 aromatic rings. The van der Waals surface area contributed by atoms with Crippen molar-refractivity contribution in [3.05, 3.63) is 212 Å². The summed E-state index contributed by atoms with van der Waals surface area (Å²) in [4.78, 5) is 17.9. The van der Waals surface area contributed by atoms with Crippen LogP contribution in [0.2, 0.25) is 0 Å². The molecular formula is C53H35N5. The molecule has 11 rings (SSSR count). The van der Waals surface area contributed by atoms with Crippen LogP contribution in [0.4, 0.5) is 17.1 Å². The molecule has 272 valence electrons. The van der Waals surface area contributed by atoms with Crippen molar-refractivity contribution >= 4 is 60.4 Å². The second kappa shape index (κ2) is 14.0. The number of anilines is 3. The Balaban J connectivity index is 1.27. The number of rotatable bonds is 7. The Kier molecular flexibility index (Phi) is 8.07. The first kappa shape index (κ1) is 33.4. The molecule has 0 aliphatic heterocycles. The maximum absolute atomic E-state index is 5.24. The van der Waals surface area contributed by atoms with Crippen LogP contribution in [0.3, 0.4) is 0 Å². The fourth-order valence-electron chi connectivity index (χ4n) is 8.23. The lowest BCUT2D eigenvalue weighted by molar-refractivity contribution is 1.07. The van der Waals surface area contributed by atoms with E-state index in [0.717, 1.165) is 61.2 Å². The first-order valence-corrected chi connectivity index (χ1v) is 19.5. The molecule has 5 nitrogen and oxygen atoms in total. The summed E-state index contributed by atoms with van der Waals surface area (Å²) in [5, 5.41) is 7.00. The van der Waals surface area contributed by atoms with Gasteiger partial charge in [-0.3, -0.25) is 0 Å². The van der Waals surface area contributed by atoms with Gasteiger partial charge in [0.15, 0.2) is 17.5 Å². The zero-order valence-electron chi connectivity index (χ0n) is 31.4. The monoisotopic (exact) mass is 741 g/mol. The predicted molar refractivity (Wildman–Crippen MR) is 240 cm³/mol. The minimum Gasteiger partial charge on any atom is -0.310 e. The molecule has 9 aromatic carbocycles. The molecule has 0 fully saturated rings. The van der Waals surface area contributed by atoms with E-state index >= 15 is 0 Å². The Bertz CT molecular complexity index is 3150. The van der Waals surface area contributed by atoms with Crippen molar-refractivity contribution in [2.75, 3.05) is 4.90 Å². The zero-order chi connectivity index (χ0) is 38.4. The van der Waals surface area contributed by atoms with Gasteiger partial charge in [-0.2, -0.15) is 0 Å². The fourth-order valence-corrected chi connectivity index (χ4v) is 8.23. The molecule has 0 aliphatic rings. The number of para-hydroxylation sites is 2. The average Bonchev–Trinajstić information content (AvgIpc) is 3.64. The number of aromatic nitrogens is 4. The molecule has 0 aliphatic carbocycles. The standard InChI is InChI=1S/C53H35N5/c1-4-18-38(19-5-1)51-54-52(39-20-6-2-7-21-39)56-53(55-51)42-34-48(50-46-26-14-15-27-47(46)58(49(50)35-42)43-24-8-3-9-25-43)57(44-30-28-36-16-10-12-22-40(36)32-44)45-31-29-37-17-11-13-23-41(37)33-45/h1-35H. The molecule has 0 saturated heterocycles. The minimum atomic E-state index is 0.595. The first-order valence-electron chi connectivity index (χ1n) is 19.5. The van der Waals surface area contributed by atoms with Crippen LogP contribution >= 0.6 is 0 Å². The van der Waals surface area contributed by atoms with E-state index in [0.29, 0.717) is 17.5 Å². The van der Waals surface area contributed by atoms with Crippen LogP contribution in [-0.2, 0) is 0 Å². The van der Waals surface area contributed by atoms with Gasteiger partial charge in [0.1, 0.15) is 0 Å². The molecule has 0 bridgehead atoms. The molecule has 0 spiro atoms. The van der Waals surface area contributed by atoms with E-state index in [-0.39, 0.29) is 0 Å². The lowest BCUT2D eigenvalue weighted by Crippen LogP contribution is -2.11. The maximum Gasteiger partial charge on any atom is 0.164 e. The van der Waals surface area contributed by atoms with Crippen molar-refractivity contribution in [3.63, 3.8) is 0 Å². The number of hydrogen-bond donors (Lipinski definition) is 0. The van der Waals surface area contributed by atoms with E-state index in [1.165, 1.54) is 21.5 Å². The molecule has 0 saturated carbocycles. The molecule has 2 aromatic heterocycles. The van der Waals surface area contributed by atoms with Crippen molar-refractivity contribution in [3.8, 4) is 39.9 Å². The van der Waals surface area contributed by atoms with Gasteiger partial charge in [-0.25, -0.2) is 15.0 Å². The van der Waals surface area contributed by atoms with Crippen LogP contribution in [0, 0.1) is 0 Å². The van der Waals surface area contributed by atoms with Crippen molar-refractivity contribution in [2.45, 2.75) is 0 Å². The van der Waals surface area contributed by atoms with Crippen LogP contribution in [0.1, 0.15) is 0 Å². The maximum atomic E-state index is 5.24. The van der Waals surface area contributed by atoms with E-state index in [4.69, 9.17) is 15.0 Å². The Morgan fingerprint density at radius 2 is 0.810 bits per heavy atom. The summed E-state index contributed by atoms with van der Waals surface area (Å²) in [5.74, 6) is 1.84. The zero-order valence-corrected chi connectivity index (χ0v) is 31.4. The third-order valence-corrected chi connectivity index (χ3v) is 10.9. The summed E-state index contributed by atoms with van der Waals surface area (Å²) < 4.78 is 2.37. The van der Waals surface area contributed by atoms with Gasteiger partial charge in [0.05, 0.1) is 16.7 Å². The quantitative estimate of drug-likeness (QED) is 0.163. The second-order valence-electron chi connectivity index (χ2n) is 14.5. The predicted octanol–water partition coefficient (Wildman–Crippen LogP) is 13.7. The smallest absolute Gasteiger partial charge is 0.164 e. The topological polar surface area (TPSA) is 46.8 Å². The lowest BCUT2D eigenvalue weighted by Gasteiger charge is -2.28. The van der Waals surface area contributed by atoms with Crippen molar-refractivity contribution in [1.29, 1.82) is 0 Å². The Labute approximate surface area is 335 Å². The summed E-state index contributed by atoms with van der Waals surface area (Å²) in [6.45, 7) is 0. The number of benzene rings is 9. The highest BCUT2D eigenvalue weighted by Crippen LogP contribution is 2.47. The van der Waals surface area contributed by atoms with Gasteiger partial charge in [-0.15, -0.1) is 0 Å². The molecule has 0 N–H and O–H groups in total. The molecule has 2 heterocycles. The SMILES string of the molecule is c1ccc(-c2nc(-c3ccccc3)nc(-c3cc(N(c4ccc5ccccc5c4)c4ccc5ccccc5c4)c4c5ccccc5n(-c5ccccc5)c4c3)n2)cc1. The van der Waals surface area contributed by atoms with Gasteiger partial charge in [0, 0.05) is 44.5 Å². The highest BCUT2D eigenvalue weighted by Gasteiger charge is 2.24. The van der Waals surface area contributed by atoms with E-state index in [2.05, 4.69) is 185 Å². The molecule has 58 heavy (non-hydrogen) atoms. The van der Waals surface area contributed by atoms with Gasteiger partial charge in [-0.1, -0.05) is 158 Å². The van der Waals surface area contributed by atoms with E-state index in [1.807, 2.05) is 36.4 Å². The first-order chi connectivity index (χ1) is 28.7. The van der Waals surface area contributed by atoms with Crippen LogP contribution in [0.5, 0.6) is 0 Å². The summed E-state index contributed by atoms with van der Waals surface area (Å²) in [6, 6.07) is 74.8. The molecule has 0 unspecified atom stereocenters. The Morgan fingerprint density at radius 1 is 0.345 bits per heavy atom. The summed E-state index contributed by atoms with van der Waals surface area (Å²) >= 11 is 0. The highest BCUT2D eigenvalue weighted by molar-refractivity contribution is 6.18. The van der Waals surface area contributed by atoms with Gasteiger partial charge < -0.3 is 9.47 Å². The minimum absolute atomic E-state index is 0.595. The van der Waals surface area contributed by atoms with Crippen molar-refractivity contribution in [1.82, 2.24) is 19.5 Å². The van der Waals surface area contributed by atoms with Gasteiger partial charge >= 0.3 is 0 Å². The Hall–Kier alpha value is -7.89. The van der Waals surface area contributed by atoms with Crippen molar-refractivity contribution in [2.24, 2.45) is 0 Å². The largest absolute Gasteiger partial charge is 0.310 e. The Morgan fingerprint density at radius 3 is 1.38 bits per heavy atom. The van der Waals surface area contributed by atoms with Gasteiger partial charge in [-0.05, 0) is 76.1 Å². The van der Waals surface area contributed by atoms with Crippen LogP contribution < -0.4 is 4.90 Å². The highest BCUT2D eigenvalue weighted by atomic mass is 15.1. The number of fused-ring (bicyclic) bond motifs is 5. The summed E-state index contributed by atoms with van der Waals surface area (Å²) in [6.07, 6.45) is 0. The molecule has 5 heteroatoms. The van der Waals surface area contributed by atoms with Crippen LogP contribution in [0.25, 0.3) is 83.2 Å². The number of nitrogens with zero attached hydrogens (tertiary/aromatic N) is 5. The number of hydrogen-bond acceptors (Lipinski definition) is 4. The normalized spacial score (nSPS) is 11.4. The molecule has 0 atom stereocenters. The third kappa shape index (κ3) is 5.85. The summed E-state index contributed by atoms with van der Waals surface area (Å²) in [7, 11) is 0. The fraction of sp³-hybridized carbons (Fsp3) is 0. The van der Waals surface area contributed by atoms with Crippen LogP contribution in [-0.4, -0.2) is 19.5 Å². The lowest BCUT2D eigenvalue weighted by atomic mass is 10.0. The van der Waals surface area contributed by atoms with E-state index in [9.17, 15) is 0 Å². The molecule has 0 radical (unpaired) electrons. The van der Waals surface area contributed by atoms with Crippen molar-refractivity contribution < 1.29 is 0 Å². The second-order valence-corrected chi connectivity index (χ2v) is 14.5. The average molecular weight is 742 g/mol. The van der Waals surface area contributed by atoms with Crippen LogP contribution in [0.15, 0.2) is 212 Å². The van der Waals surface area contributed by atoms with Gasteiger partial charge in [0.2, 0.25) is 0 Å². The van der Waals surface area contributed by atoms with E-state index in [1.54, 1.807) is 0 Å². The molecule has 0 amide bonds. The molecular weight excluding hydrogens is 707 g/mol. The van der Waals surface area contributed by atoms with Gasteiger partial charge in [0.25, 0.3) is 0 Å². The third-order valence-electron chi connectivity index (χ3n) is 10.9. The van der Waals surface area contributed by atoms with E-state index < -0.39 is 0 Å². The summed E-state index contributed by atoms with van der Waals surface area (Å²) in [5.41, 5.74) is 9.10.